The average Bonchev–Trinajstić information content (AvgIpc) is 2.39. The molecule has 0 heterocycles. The van der Waals surface area contributed by atoms with Gasteiger partial charge in [0.1, 0.15) is 0 Å². The van der Waals surface area contributed by atoms with Gasteiger partial charge in [0.2, 0.25) is 5.91 Å². The predicted octanol–water partition coefficient (Wildman–Crippen LogP) is 4.07. The van der Waals surface area contributed by atoms with Gasteiger partial charge in [-0.05, 0) is 37.1 Å². The number of benzene rings is 2. The topological polar surface area (TPSA) is 29.1 Å². The van der Waals surface area contributed by atoms with Gasteiger partial charge in [0.15, 0.2) is 0 Å². The summed E-state index contributed by atoms with van der Waals surface area (Å²) < 4.78 is 0. The quantitative estimate of drug-likeness (QED) is 0.902. The molecule has 0 aromatic heterocycles. The summed E-state index contributed by atoms with van der Waals surface area (Å²) >= 11 is 5.91. The maximum atomic E-state index is 12.0. The molecule has 2 aromatic carbocycles. The van der Waals surface area contributed by atoms with Crippen molar-refractivity contribution in [3.63, 3.8) is 0 Å². The van der Waals surface area contributed by atoms with Crippen LogP contribution in [0.2, 0.25) is 5.02 Å². The van der Waals surface area contributed by atoms with E-state index in [4.69, 9.17) is 11.6 Å². The Morgan fingerprint density at radius 1 is 1.20 bits per heavy atom. The van der Waals surface area contributed by atoms with Gasteiger partial charge in [0.05, 0.1) is 12.5 Å². The van der Waals surface area contributed by atoms with Gasteiger partial charge in [-0.2, -0.15) is 0 Å². The summed E-state index contributed by atoms with van der Waals surface area (Å²) in [6, 6.07) is 15.6. The molecule has 2 aromatic rings. The van der Waals surface area contributed by atoms with Gasteiger partial charge in [-0.15, -0.1) is 0 Å². The van der Waals surface area contributed by atoms with Crippen molar-refractivity contribution in [2.24, 2.45) is 0 Å². The van der Waals surface area contributed by atoms with Gasteiger partial charge in [-0.3, -0.25) is 4.79 Å². The van der Waals surface area contributed by atoms with Crippen LogP contribution in [0.4, 0.5) is 0 Å². The molecular formula is C17H18ClNO. The molecule has 1 atom stereocenters. The molecule has 0 saturated heterocycles. The lowest BCUT2D eigenvalue weighted by Gasteiger charge is -2.14. The molecule has 0 aliphatic rings. The first kappa shape index (κ1) is 14.6. The average molecular weight is 288 g/mol. The molecule has 0 aliphatic heterocycles. The van der Waals surface area contributed by atoms with Gasteiger partial charge in [-0.25, -0.2) is 0 Å². The molecule has 0 radical (unpaired) electrons. The van der Waals surface area contributed by atoms with Crippen LogP contribution in [-0.2, 0) is 11.2 Å². The van der Waals surface area contributed by atoms with E-state index in [0.29, 0.717) is 11.4 Å². The number of hydrogen-bond acceptors (Lipinski definition) is 1. The standard InChI is InChI=1S/C17H18ClNO/c1-12-6-8-15(9-7-12)13(2)19-17(20)11-14-4-3-5-16(18)10-14/h3-10,13H,11H2,1-2H3,(H,19,20). The fourth-order valence-electron chi connectivity index (χ4n) is 2.06. The van der Waals surface area contributed by atoms with E-state index in [2.05, 4.69) is 17.4 Å². The zero-order chi connectivity index (χ0) is 14.5. The molecule has 1 amide bonds. The molecule has 20 heavy (non-hydrogen) atoms. The summed E-state index contributed by atoms with van der Waals surface area (Å²) in [7, 11) is 0. The maximum absolute atomic E-state index is 12.0. The number of hydrogen-bond donors (Lipinski definition) is 1. The predicted molar refractivity (Wildman–Crippen MR) is 82.9 cm³/mol. The Balaban J connectivity index is 1.95. The van der Waals surface area contributed by atoms with Crippen molar-refractivity contribution in [2.45, 2.75) is 26.3 Å². The summed E-state index contributed by atoms with van der Waals surface area (Å²) in [6.45, 7) is 4.03. The van der Waals surface area contributed by atoms with Crippen molar-refractivity contribution < 1.29 is 4.79 Å². The summed E-state index contributed by atoms with van der Waals surface area (Å²) in [5.74, 6) is 0.000316. The lowest BCUT2D eigenvalue weighted by molar-refractivity contribution is -0.121. The summed E-state index contributed by atoms with van der Waals surface area (Å²) in [5, 5.41) is 3.66. The third kappa shape index (κ3) is 4.10. The minimum absolute atomic E-state index is 0.000316. The maximum Gasteiger partial charge on any atom is 0.224 e. The van der Waals surface area contributed by atoms with E-state index in [0.717, 1.165) is 11.1 Å². The lowest BCUT2D eigenvalue weighted by atomic mass is 10.1. The Labute approximate surface area is 124 Å². The minimum Gasteiger partial charge on any atom is -0.349 e. The van der Waals surface area contributed by atoms with Crippen molar-refractivity contribution in [1.82, 2.24) is 5.32 Å². The minimum atomic E-state index is 0.000316. The molecule has 0 bridgehead atoms. The van der Waals surface area contributed by atoms with Crippen LogP contribution in [0.5, 0.6) is 0 Å². The van der Waals surface area contributed by atoms with Crippen LogP contribution in [-0.4, -0.2) is 5.91 Å². The van der Waals surface area contributed by atoms with Gasteiger partial charge in [0.25, 0.3) is 0 Å². The van der Waals surface area contributed by atoms with E-state index in [-0.39, 0.29) is 11.9 Å². The van der Waals surface area contributed by atoms with E-state index in [1.807, 2.05) is 44.2 Å². The number of amides is 1. The highest BCUT2D eigenvalue weighted by Crippen LogP contribution is 2.14. The first-order valence-corrected chi connectivity index (χ1v) is 7.03. The molecule has 2 rings (SSSR count). The molecule has 1 unspecified atom stereocenters. The molecule has 2 nitrogen and oxygen atoms in total. The van der Waals surface area contributed by atoms with E-state index in [1.54, 1.807) is 6.07 Å². The number of halogens is 1. The van der Waals surface area contributed by atoms with Crippen molar-refractivity contribution >= 4 is 17.5 Å². The summed E-state index contributed by atoms with van der Waals surface area (Å²) in [6.07, 6.45) is 0.344. The van der Waals surface area contributed by atoms with Crippen molar-refractivity contribution in [3.8, 4) is 0 Å². The monoisotopic (exact) mass is 287 g/mol. The van der Waals surface area contributed by atoms with Crippen LogP contribution in [0.3, 0.4) is 0 Å². The zero-order valence-electron chi connectivity index (χ0n) is 11.7. The first-order chi connectivity index (χ1) is 9.54. The van der Waals surface area contributed by atoms with Crippen LogP contribution in [0.25, 0.3) is 0 Å². The van der Waals surface area contributed by atoms with E-state index >= 15 is 0 Å². The Kier molecular flexibility index (Phi) is 4.80. The SMILES string of the molecule is Cc1ccc(C(C)NC(=O)Cc2cccc(Cl)c2)cc1. The largest absolute Gasteiger partial charge is 0.349 e. The number of nitrogens with one attached hydrogen (secondary N) is 1. The highest BCUT2D eigenvalue weighted by Gasteiger charge is 2.10. The van der Waals surface area contributed by atoms with E-state index < -0.39 is 0 Å². The van der Waals surface area contributed by atoms with Crippen molar-refractivity contribution in [3.05, 3.63) is 70.2 Å². The second-order valence-electron chi connectivity index (χ2n) is 5.01. The van der Waals surface area contributed by atoms with Gasteiger partial charge < -0.3 is 5.32 Å². The van der Waals surface area contributed by atoms with Crippen LogP contribution in [0.15, 0.2) is 48.5 Å². The molecule has 0 spiro atoms. The zero-order valence-corrected chi connectivity index (χ0v) is 12.4. The molecular weight excluding hydrogens is 270 g/mol. The second-order valence-corrected chi connectivity index (χ2v) is 5.44. The normalized spacial score (nSPS) is 11.9. The number of aryl methyl sites for hydroxylation is 1. The van der Waals surface area contributed by atoms with E-state index in [9.17, 15) is 4.79 Å². The highest BCUT2D eigenvalue weighted by molar-refractivity contribution is 6.30. The van der Waals surface area contributed by atoms with E-state index in [1.165, 1.54) is 5.56 Å². The number of carbonyl (C=O) groups excluding carboxylic acids is 1. The third-order valence-corrected chi connectivity index (χ3v) is 3.44. The van der Waals surface area contributed by atoms with Gasteiger partial charge in [-0.1, -0.05) is 53.6 Å². The van der Waals surface area contributed by atoms with Crippen molar-refractivity contribution in [2.75, 3.05) is 0 Å². The summed E-state index contributed by atoms with van der Waals surface area (Å²) in [4.78, 5) is 12.0. The number of carbonyl (C=O) groups is 1. The Hall–Kier alpha value is -1.80. The molecule has 1 N–H and O–H groups in total. The van der Waals surface area contributed by atoms with Crippen LogP contribution in [0, 0.1) is 6.92 Å². The highest BCUT2D eigenvalue weighted by atomic mass is 35.5. The Morgan fingerprint density at radius 2 is 1.90 bits per heavy atom. The number of rotatable bonds is 4. The molecule has 104 valence electrons. The van der Waals surface area contributed by atoms with Gasteiger partial charge in [0, 0.05) is 5.02 Å². The fraction of sp³-hybridized carbons (Fsp3) is 0.235. The van der Waals surface area contributed by atoms with Crippen LogP contribution in [0.1, 0.15) is 29.7 Å². The van der Waals surface area contributed by atoms with Crippen LogP contribution >= 0.6 is 11.6 Å². The van der Waals surface area contributed by atoms with Gasteiger partial charge >= 0.3 is 0 Å². The second kappa shape index (κ2) is 6.58. The first-order valence-electron chi connectivity index (χ1n) is 6.65. The van der Waals surface area contributed by atoms with Crippen LogP contribution < -0.4 is 5.32 Å². The molecule has 3 heteroatoms. The molecule has 0 saturated carbocycles. The molecule has 0 aliphatic carbocycles. The van der Waals surface area contributed by atoms with Crippen molar-refractivity contribution in [1.29, 1.82) is 0 Å². The summed E-state index contributed by atoms with van der Waals surface area (Å²) in [5.41, 5.74) is 3.24. The Bertz CT molecular complexity index is 592. The fourth-order valence-corrected chi connectivity index (χ4v) is 2.28. The lowest BCUT2D eigenvalue weighted by Crippen LogP contribution is -2.28. The smallest absolute Gasteiger partial charge is 0.224 e. The third-order valence-electron chi connectivity index (χ3n) is 3.21. The molecule has 0 fully saturated rings. The Morgan fingerprint density at radius 3 is 2.55 bits per heavy atom.